The van der Waals surface area contributed by atoms with E-state index in [-0.39, 0.29) is 0 Å². The topological polar surface area (TPSA) is 40.5 Å². The van der Waals surface area contributed by atoms with Crippen molar-refractivity contribution < 1.29 is 10.2 Å². The van der Waals surface area contributed by atoms with E-state index < -0.39 is 12.2 Å². The lowest BCUT2D eigenvalue weighted by molar-refractivity contribution is 0.0780. The van der Waals surface area contributed by atoms with E-state index in [0.29, 0.717) is 12.8 Å². The highest BCUT2D eigenvalue weighted by molar-refractivity contribution is 5.34. The maximum absolute atomic E-state index is 9.97. The lowest BCUT2D eigenvalue weighted by atomic mass is 9.95. The molecule has 0 saturated carbocycles. The predicted molar refractivity (Wildman–Crippen MR) is 61.8 cm³/mol. The van der Waals surface area contributed by atoms with Gasteiger partial charge in [-0.05, 0) is 37.0 Å². The van der Waals surface area contributed by atoms with Gasteiger partial charge in [-0.2, -0.15) is 0 Å². The number of aryl methyl sites for hydroxylation is 1. The van der Waals surface area contributed by atoms with Gasteiger partial charge in [0.1, 0.15) is 0 Å². The van der Waals surface area contributed by atoms with Gasteiger partial charge in [0.15, 0.2) is 0 Å². The molecule has 2 nitrogen and oxygen atoms in total. The lowest BCUT2D eigenvalue weighted by Gasteiger charge is -2.17. The number of rotatable bonds is 4. The summed E-state index contributed by atoms with van der Waals surface area (Å²) in [5.41, 5.74) is 3.23. The Hall–Kier alpha value is -0.860. The molecule has 0 aromatic heterocycles. The Bertz CT molecular complexity index is 320. The number of hydrogen-bond donors (Lipinski definition) is 2. The molecule has 1 aromatic carbocycles. The largest absolute Gasteiger partial charge is 0.393 e. The highest BCUT2D eigenvalue weighted by Gasteiger charge is 2.14. The summed E-state index contributed by atoms with van der Waals surface area (Å²) >= 11 is 0. The summed E-state index contributed by atoms with van der Waals surface area (Å²) in [5, 5.41) is 19.5. The third-order valence-electron chi connectivity index (χ3n) is 2.97. The molecule has 2 heteroatoms. The highest BCUT2D eigenvalue weighted by atomic mass is 16.3. The van der Waals surface area contributed by atoms with Crippen LogP contribution in [0.2, 0.25) is 0 Å². The van der Waals surface area contributed by atoms with Crippen molar-refractivity contribution >= 4 is 0 Å². The molecule has 0 spiro atoms. The van der Waals surface area contributed by atoms with E-state index in [1.54, 1.807) is 0 Å². The van der Waals surface area contributed by atoms with E-state index >= 15 is 0 Å². The minimum Gasteiger partial charge on any atom is -0.393 e. The quantitative estimate of drug-likeness (QED) is 0.798. The van der Waals surface area contributed by atoms with Crippen LogP contribution in [-0.4, -0.2) is 16.3 Å². The van der Waals surface area contributed by atoms with Crippen molar-refractivity contribution in [1.82, 2.24) is 0 Å². The van der Waals surface area contributed by atoms with Crippen LogP contribution in [0.15, 0.2) is 18.2 Å². The fourth-order valence-corrected chi connectivity index (χ4v) is 1.69. The van der Waals surface area contributed by atoms with Crippen LogP contribution >= 0.6 is 0 Å². The Labute approximate surface area is 91.6 Å². The number of aliphatic hydroxyl groups is 2. The van der Waals surface area contributed by atoms with Crippen LogP contribution in [0.5, 0.6) is 0 Å². The summed E-state index contributed by atoms with van der Waals surface area (Å²) in [6.45, 7) is 5.95. The zero-order chi connectivity index (χ0) is 11.4. The Kier molecular flexibility index (Phi) is 4.30. The van der Waals surface area contributed by atoms with Crippen molar-refractivity contribution in [3.05, 3.63) is 34.9 Å². The molecule has 0 aliphatic heterocycles. The molecule has 0 amide bonds. The third kappa shape index (κ3) is 3.05. The molecule has 2 unspecified atom stereocenters. The van der Waals surface area contributed by atoms with E-state index in [1.807, 2.05) is 39.0 Å². The molecular formula is C13H20O2. The van der Waals surface area contributed by atoms with Crippen LogP contribution in [0.25, 0.3) is 0 Å². The molecule has 0 fully saturated rings. The van der Waals surface area contributed by atoms with E-state index in [1.165, 1.54) is 5.56 Å². The van der Waals surface area contributed by atoms with Gasteiger partial charge in [-0.15, -0.1) is 0 Å². The zero-order valence-corrected chi connectivity index (χ0v) is 9.70. The van der Waals surface area contributed by atoms with E-state index in [9.17, 15) is 10.2 Å². The molecule has 0 aliphatic rings. The Balaban J connectivity index is 2.82. The van der Waals surface area contributed by atoms with E-state index in [2.05, 4.69) is 0 Å². The normalized spacial score (nSPS) is 15.0. The zero-order valence-electron chi connectivity index (χ0n) is 9.70. The van der Waals surface area contributed by atoms with Crippen LogP contribution in [0.3, 0.4) is 0 Å². The minimum atomic E-state index is -0.556. The smallest absolute Gasteiger partial charge is 0.0817 e. The van der Waals surface area contributed by atoms with Crippen LogP contribution in [0.1, 0.15) is 42.6 Å². The van der Waals surface area contributed by atoms with Gasteiger partial charge in [0.25, 0.3) is 0 Å². The second-order valence-electron chi connectivity index (χ2n) is 4.10. The maximum Gasteiger partial charge on any atom is 0.0817 e. The van der Waals surface area contributed by atoms with Crippen LogP contribution in [0, 0.1) is 13.8 Å². The first kappa shape index (κ1) is 12.2. The lowest BCUT2D eigenvalue weighted by Crippen LogP contribution is -2.12. The second-order valence-corrected chi connectivity index (χ2v) is 4.10. The monoisotopic (exact) mass is 208 g/mol. The molecule has 0 bridgehead atoms. The molecule has 1 rings (SSSR count). The molecule has 0 heterocycles. The van der Waals surface area contributed by atoms with Crippen molar-refractivity contribution in [3.8, 4) is 0 Å². The number of aliphatic hydroxyl groups excluding tert-OH is 2. The van der Waals surface area contributed by atoms with E-state index in [4.69, 9.17) is 0 Å². The number of benzene rings is 1. The Morgan fingerprint density at radius 3 is 2.47 bits per heavy atom. The van der Waals surface area contributed by atoms with Gasteiger partial charge < -0.3 is 10.2 Å². The molecule has 15 heavy (non-hydrogen) atoms. The fraction of sp³-hybridized carbons (Fsp3) is 0.538. The van der Waals surface area contributed by atoms with Gasteiger partial charge in [0.2, 0.25) is 0 Å². The summed E-state index contributed by atoms with van der Waals surface area (Å²) in [4.78, 5) is 0. The maximum atomic E-state index is 9.97. The molecule has 2 atom stereocenters. The summed E-state index contributed by atoms with van der Waals surface area (Å²) in [7, 11) is 0. The van der Waals surface area contributed by atoms with Gasteiger partial charge in [0.05, 0.1) is 12.2 Å². The van der Waals surface area contributed by atoms with Gasteiger partial charge >= 0.3 is 0 Å². The third-order valence-corrected chi connectivity index (χ3v) is 2.97. The first-order chi connectivity index (χ1) is 7.06. The first-order valence-electron chi connectivity index (χ1n) is 5.48. The van der Waals surface area contributed by atoms with Crippen molar-refractivity contribution in [2.24, 2.45) is 0 Å². The summed E-state index contributed by atoms with van der Waals surface area (Å²) in [6, 6.07) is 5.90. The van der Waals surface area contributed by atoms with Crippen LogP contribution < -0.4 is 0 Å². The summed E-state index contributed by atoms with van der Waals surface area (Å²) in [5.74, 6) is 0. The summed E-state index contributed by atoms with van der Waals surface area (Å²) < 4.78 is 0. The van der Waals surface area contributed by atoms with Gasteiger partial charge in [-0.3, -0.25) is 0 Å². The minimum absolute atomic E-state index is 0.417. The van der Waals surface area contributed by atoms with Gasteiger partial charge in [0, 0.05) is 6.42 Å². The van der Waals surface area contributed by atoms with Crippen LogP contribution in [-0.2, 0) is 0 Å². The fourth-order valence-electron chi connectivity index (χ4n) is 1.69. The molecule has 0 aliphatic carbocycles. The standard InChI is InChI=1S/C13H20O2/c1-4-11(14)8-13(15)12-7-5-6-9(2)10(12)3/h5-7,11,13-15H,4,8H2,1-3H3. The molecule has 84 valence electrons. The Morgan fingerprint density at radius 1 is 1.20 bits per heavy atom. The number of hydrogen-bond acceptors (Lipinski definition) is 2. The molecule has 2 N–H and O–H groups in total. The molecular weight excluding hydrogens is 188 g/mol. The van der Waals surface area contributed by atoms with Crippen molar-refractivity contribution in [3.63, 3.8) is 0 Å². The Morgan fingerprint density at radius 2 is 1.87 bits per heavy atom. The highest BCUT2D eigenvalue weighted by Crippen LogP contribution is 2.24. The van der Waals surface area contributed by atoms with Gasteiger partial charge in [-0.25, -0.2) is 0 Å². The SMILES string of the molecule is CCC(O)CC(O)c1cccc(C)c1C. The molecule has 0 radical (unpaired) electrons. The molecule has 1 aromatic rings. The summed E-state index contributed by atoms with van der Waals surface area (Å²) in [6.07, 6.45) is 0.127. The van der Waals surface area contributed by atoms with Crippen molar-refractivity contribution in [2.45, 2.75) is 45.8 Å². The predicted octanol–water partition coefficient (Wildman–Crippen LogP) is 2.50. The average Bonchev–Trinajstić information content (AvgIpc) is 2.21. The second kappa shape index (κ2) is 5.29. The first-order valence-corrected chi connectivity index (χ1v) is 5.48. The van der Waals surface area contributed by atoms with Crippen LogP contribution in [0.4, 0.5) is 0 Å². The van der Waals surface area contributed by atoms with Crippen molar-refractivity contribution in [2.75, 3.05) is 0 Å². The van der Waals surface area contributed by atoms with Gasteiger partial charge in [-0.1, -0.05) is 25.1 Å². The molecule has 0 saturated heterocycles. The van der Waals surface area contributed by atoms with E-state index in [0.717, 1.165) is 11.1 Å². The average molecular weight is 208 g/mol. The van der Waals surface area contributed by atoms with Crippen molar-refractivity contribution in [1.29, 1.82) is 0 Å².